The lowest BCUT2D eigenvalue weighted by Crippen LogP contribution is -2.19. The molecule has 0 bridgehead atoms. The van der Waals surface area contributed by atoms with E-state index in [1.54, 1.807) is 0 Å². The van der Waals surface area contributed by atoms with Crippen LogP contribution in [-0.2, 0) is 6.54 Å². The largest absolute Gasteiger partial charge is 0.306 e. The summed E-state index contributed by atoms with van der Waals surface area (Å²) in [5, 5.41) is 7.95. The Bertz CT molecular complexity index is 760. The zero-order valence-electron chi connectivity index (χ0n) is 12.7. The van der Waals surface area contributed by atoms with Crippen LogP contribution in [-0.4, -0.2) is 14.6 Å². The summed E-state index contributed by atoms with van der Waals surface area (Å²) >= 11 is 0. The van der Waals surface area contributed by atoms with Crippen molar-refractivity contribution < 1.29 is 0 Å². The van der Waals surface area contributed by atoms with E-state index in [1.165, 1.54) is 11.1 Å². The first kappa shape index (κ1) is 13.8. The van der Waals surface area contributed by atoms with Gasteiger partial charge in [-0.1, -0.05) is 24.3 Å². The number of hydrogen-bond acceptors (Lipinski definition) is 3. The van der Waals surface area contributed by atoms with E-state index < -0.39 is 0 Å². The van der Waals surface area contributed by atoms with Crippen molar-refractivity contribution in [3.8, 4) is 0 Å². The minimum atomic E-state index is 0.307. The normalized spacial score (nSPS) is 12.7. The van der Waals surface area contributed by atoms with Crippen molar-refractivity contribution >= 4 is 5.65 Å². The van der Waals surface area contributed by atoms with Crippen LogP contribution in [0.25, 0.3) is 5.65 Å². The van der Waals surface area contributed by atoms with Crippen molar-refractivity contribution in [3.63, 3.8) is 0 Å². The number of aromatic nitrogens is 3. The monoisotopic (exact) mass is 280 g/mol. The van der Waals surface area contributed by atoms with Gasteiger partial charge in [0.25, 0.3) is 0 Å². The van der Waals surface area contributed by atoms with E-state index in [0.717, 1.165) is 23.4 Å². The zero-order valence-corrected chi connectivity index (χ0v) is 12.7. The highest BCUT2D eigenvalue weighted by atomic mass is 15.2. The molecule has 0 aliphatic carbocycles. The summed E-state index contributed by atoms with van der Waals surface area (Å²) in [7, 11) is 0. The predicted molar refractivity (Wildman–Crippen MR) is 84.2 cm³/mol. The molecule has 1 N–H and O–H groups in total. The molecule has 0 amide bonds. The van der Waals surface area contributed by atoms with E-state index in [1.807, 2.05) is 29.9 Å². The van der Waals surface area contributed by atoms with Gasteiger partial charge in [0, 0.05) is 36.6 Å². The second-order valence-corrected chi connectivity index (χ2v) is 5.51. The Balaban J connectivity index is 1.72. The van der Waals surface area contributed by atoms with Gasteiger partial charge in [-0.15, -0.1) is 0 Å². The third kappa shape index (κ3) is 2.95. The molecule has 0 aliphatic heterocycles. The fourth-order valence-corrected chi connectivity index (χ4v) is 2.58. The molecule has 1 atom stereocenters. The number of benzene rings is 1. The summed E-state index contributed by atoms with van der Waals surface area (Å²) in [4.78, 5) is 4.43. The molecule has 21 heavy (non-hydrogen) atoms. The van der Waals surface area contributed by atoms with Gasteiger partial charge in [0.15, 0.2) is 5.65 Å². The van der Waals surface area contributed by atoms with Crippen LogP contribution in [0.2, 0.25) is 0 Å². The molecule has 0 spiro atoms. The molecule has 0 fully saturated rings. The van der Waals surface area contributed by atoms with Crippen LogP contribution in [0.15, 0.2) is 42.7 Å². The Hall–Kier alpha value is -2.20. The summed E-state index contributed by atoms with van der Waals surface area (Å²) in [6, 6.07) is 10.8. The Morgan fingerprint density at radius 3 is 2.86 bits per heavy atom. The minimum Gasteiger partial charge on any atom is -0.306 e. The van der Waals surface area contributed by atoms with Crippen molar-refractivity contribution in [2.45, 2.75) is 33.4 Å². The summed E-state index contributed by atoms with van der Waals surface area (Å²) in [5.74, 6) is 0. The molecule has 2 aromatic heterocycles. The minimum absolute atomic E-state index is 0.307. The van der Waals surface area contributed by atoms with E-state index >= 15 is 0 Å². The van der Waals surface area contributed by atoms with E-state index in [4.69, 9.17) is 0 Å². The highest BCUT2D eigenvalue weighted by Gasteiger charge is 2.08. The first-order valence-corrected chi connectivity index (χ1v) is 7.23. The van der Waals surface area contributed by atoms with Gasteiger partial charge in [-0.25, -0.2) is 9.50 Å². The second kappa shape index (κ2) is 5.66. The molecule has 4 heteroatoms. The lowest BCUT2D eigenvalue weighted by atomic mass is 10.0. The van der Waals surface area contributed by atoms with Crippen LogP contribution in [0.4, 0.5) is 0 Å². The molecular formula is C17H20N4. The zero-order chi connectivity index (χ0) is 14.8. The molecular weight excluding hydrogens is 260 g/mol. The van der Waals surface area contributed by atoms with Gasteiger partial charge in [0.05, 0.1) is 5.69 Å². The SMILES string of the molecule is Cc1cc2ncc(CNC(C)c3ccccc3C)cn2n1. The van der Waals surface area contributed by atoms with Crippen molar-refractivity contribution in [2.24, 2.45) is 0 Å². The van der Waals surface area contributed by atoms with Gasteiger partial charge in [-0.05, 0) is 31.9 Å². The van der Waals surface area contributed by atoms with Gasteiger partial charge in [0.1, 0.15) is 0 Å². The fraction of sp³-hybridized carbons (Fsp3) is 0.294. The maximum absolute atomic E-state index is 4.43. The van der Waals surface area contributed by atoms with Crippen molar-refractivity contribution in [1.29, 1.82) is 0 Å². The second-order valence-electron chi connectivity index (χ2n) is 5.51. The highest BCUT2D eigenvalue weighted by molar-refractivity contribution is 5.39. The number of nitrogens with zero attached hydrogens (tertiary/aromatic N) is 3. The summed E-state index contributed by atoms with van der Waals surface area (Å²) in [6.45, 7) is 7.09. The van der Waals surface area contributed by atoms with Gasteiger partial charge in [0.2, 0.25) is 0 Å². The molecule has 2 heterocycles. The van der Waals surface area contributed by atoms with E-state index in [-0.39, 0.29) is 0 Å². The van der Waals surface area contributed by atoms with Crippen LogP contribution in [0.5, 0.6) is 0 Å². The number of rotatable bonds is 4. The third-order valence-corrected chi connectivity index (χ3v) is 3.76. The van der Waals surface area contributed by atoms with E-state index in [2.05, 4.69) is 53.5 Å². The molecule has 3 aromatic rings. The van der Waals surface area contributed by atoms with Gasteiger partial charge in [-0.3, -0.25) is 0 Å². The Morgan fingerprint density at radius 1 is 1.24 bits per heavy atom. The molecule has 3 rings (SSSR count). The molecule has 1 aromatic carbocycles. The van der Waals surface area contributed by atoms with Crippen LogP contribution < -0.4 is 5.32 Å². The molecule has 0 saturated heterocycles. The van der Waals surface area contributed by atoms with E-state index in [9.17, 15) is 0 Å². The standard InChI is InChI=1S/C17H20N4/c1-12-6-4-5-7-16(12)14(3)18-9-15-10-19-17-8-13(2)20-21(17)11-15/h4-8,10-11,14,18H,9H2,1-3H3. The quantitative estimate of drug-likeness (QED) is 0.798. The topological polar surface area (TPSA) is 42.2 Å². The molecule has 1 unspecified atom stereocenters. The number of hydrogen-bond donors (Lipinski definition) is 1. The predicted octanol–water partition coefficient (Wildman–Crippen LogP) is 3.20. The van der Waals surface area contributed by atoms with Gasteiger partial charge < -0.3 is 5.32 Å². The number of nitrogens with one attached hydrogen (secondary N) is 1. The fourth-order valence-electron chi connectivity index (χ4n) is 2.58. The Kier molecular flexibility index (Phi) is 3.71. The summed E-state index contributed by atoms with van der Waals surface area (Å²) in [6.07, 6.45) is 3.95. The van der Waals surface area contributed by atoms with Crippen LogP contribution in [0.3, 0.4) is 0 Å². The van der Waals surface area contributed by atoms with Gasteiger partial charge >= 0.3 is 0 Å². The van der Waals surface area contributed by atoms with Crippen LogP contribution >= 0.6 is 0 Å². The Labute approximate surface area is 124 Å². The maximum Gasteiger partial charge on any atom is 0.155 e. The molecule has 4 nitrogen and oxygen atoms in total. The molecule has 108 valence electrons. The lowest BCUT2D eigenvalue weighted by molar-refractivity contribution is 0.569. The van der Waals surface area contributed by atoms with Crippen molar-refractivity contribution in [2.75, 3.05) is 0 Å². The van der Waals surface area contributed by atoms with Crippen molar-refractivity contribution in [1.82, 2.24) is 19.9 Å². The van der Waals surface area contributed by atoms with Crippen LogP contribution in [0.1, 0.15) is 35.3 Å². The highest BCUT2D eigenvalue weighted by Crippen LogP contribution is 2.17. The van der Waals surface area contributed by atoms with Crippen LogP contribution in [0, 0.1) is 13.8 Å². The summed E-state index contributed by atoms with van der Waals surface area (Å²) in [5.41, 5.74) is 5.66. The van der Waals surface area contributed by atoms with Gasteiger partial charge in [-0.2, -0.15) is 5.10 Å². The first-order valence-electron chi connectivity index (χ1n) is 7.23. The molecule has 0 saturated carbocycles. The molecule has 0 aliphatic rings. The number of fused-ring (bicyclic) bond motifs is 1. The smallest absolute Gasteiger partial charge is 0.155 e. The third-order valence-electron chi connectivity index (χ3n) is 3.76. The van der Waals surface area contributed by atoms with Crippen molar-refractivity contribution in [3.05, 3.63) is 65.1 Å². The Morgan fingerprint density at radius 2 is 2.05 bits per heavy atom. The lowest BCUT2D eigenvalue weighted by Gasteiger charge is -2.16. The van der Waals surface area contributed by atoms with E-state index in [0.29, 0.717) is 6.04 Å². The number of aryl methyl sites for hydroxylation is 2. The average Bonchev–Trinajstić information content (AvgIpc) is 2.84. The maximum atomic E-state index is 4.43. The summed E-state index contributed by atoms with van der Waals surface area (Å²) < 4.78 is 1.84. The average molecular weight is 280 g/mol. The molecule has 0 radical (unpaired) electrons. The first-order chi connectivity index (χ1) is 10.1.